The molecule has 0 amide bonds. The minimum atomic E-state index is -1.47. The van der Waals surface area contributed by atoms with E-state index in [0.717, 1.165) is 5.56 Å². The standard InChI is InChI=1S/C30H21F2NO2/c31-25-12-7-13-26(32)28(25)29-33-27(20-35-29)22-16-14-21(15-17-22)18-19-30(34,23-8-3-1-4-9-23)24-10-5-2-6-11-24/h1-17,27,34H,20H2. The van der Waals surface area contributed by atoms with Crippen LogP contribution in [0.1, 0.15) is 33.9 Å². The van der Waals surface area contributed by atoms with Crippen LogP contribution in [0.5, 0.6) is 0 Å². The number of aliphatic imine (C=N–C) groups is 1. The van der Waals surface area contributed by atoms with Crippen molar-refractivity contribution in [2.75, 3.05) is 6.61 Å². The Hall–Kier alpha value is -4.27. The molecule has 1 N–H and O–H groups in total. The highest BCUT2D eigenvalue weighted by Crippen LogP contribution is 2.30. The first-order chi connectivity index (χ1) is 17.0. The Kier molecular flexibility index (Phi) is 6.13. The van der Waals surface area contributed by atoms with Gasteiger partial charge in [0.05, 0.1) is 0 Å². The molecule has 1 unspecified atom stereocenters. The molecule has 0 aromatic heterocycles. The molecule has 5 heteroatoms. The molecule has 0 radical (unpaired) electrons. The molecule has 0 fully saturated rings. The van der Waals surface area contributed by atoms with Gasteiger partial charge in [0.1, 0.15) is 29.8 Å². The molecule has 1 heterocycles. The van der Waals surface area contributed by atoms with E-state index in [9.17, 15) is 13.9 Å². The van der Waals surface area contributed by atoms with Crippen molar-refractivity contribution in [3.8, 4) is 11.8 Å². The minimum Gasteiger partial charge on any atom is -0.475 e. The van der Waals surface area contributed by atoms with Crippen LogP contribution in [0.15, 0.2) is 108 Å². The van der Waals surface area contributed by atoms with Crippen molar-refractivity contribution >= 4 is 5.90 Å². The van der Waals surface area contributed by atoms with Crippen LogP contribution in [-0.2, 0) is 10.3 Å². The molecule has 5 rings (SSSR count). The smallest absolute Gasteiger partial charge is 0.222 e. The molecular formula is C30H21F2NO2. The lowest BCUT2D eigenvalue weighted by Crippen LogP contribution is -2.25. The number of hydrogen-bond donors (Lipinski definition) is 1. The van der Waals surface area contributed by atoms with Crippen molar-refractivity contribution in [1.29, 1.82) is 0 Å². The number of halogens is 2. The lowest BCUT2D eigenvalue weighted by molar-refractivity contribution is 0.145. The largest absolute Gasteiger partial charge is 0.475 e. The molecule has 4 aromatic rings. The summed E-state index contributed by atoms with van der Waals surface area (Å²) in [5.74, 6) is 4.67. The van der Waals surface area contributed by atoms with Gasteiger partial charge in [-0.25, -0.2) is 13.8 Å². The van der Waals surface area contributed by atoms with Gasteiger partial charge < -0.3 is 9.84 Å². The monoisotopic (exact) mass is 465 g/mol. The zero-order valence-corrected chi connectivity index (χ0v) is 18.7. The summed E-state index contributed by atoms with van der Waals surface area (Å²) >= 11 is 0. The van der Waals surface area contributed by atoms with Crippen molar-refractivity contribution in [3.05, 3.63) is 143 Å². The second-order valence-corrected chi connectivity index (χ2v) is 8.17. The van der Waals surface area contributed by atoms with E-state index >= 15 is 0 Å². The molecule has 0 aliphatic carbocycles. The van der Waals surface area contributed by atoms with Gasteiger partial charge in [-0.05, 0) is 29.8 Å². The van der Waals surface area contributed by atoms with Crippen LogP contribution in [0.3, 0.4) is 0 Å². The fourth-order valence-corrected chi connectivity index (χ4v) is 4.00. The summed E-state index contributed by atoms with van der Waals surface area (Å²) in [7, 11) is 0. The predicted octanol–water partition coefficient (Wildman–Crippen LogP) is 5.77. The Morgan fingerprint density at radius 2 is 1.34 bits per heavy atom. The van der Waals surface area contributed by atoms with E-state index < -0.39 is 17.2 Å². The highest BCUT2D eigenvalue weighted by molar-refractivity contribution is 5.95. The van der Waals surface area contributed by atoms with Crippen LogP contribution in [0.4, 0.5) is 8.78 Å². The third-order valence-corrected chi connectivity index (χ3v) is 5.89. The van der Waals surface area contributed by atoms with E-state index in [0.29, 0.717) is 16.7 Å². The van der Waals surface area contributed by atoms with Crippen LogP contribution in [0, 0.1) is 23.5 Å². The minimum absolute atomic E-state index is 0.0368. The van der Waals surface area contributed by atoms with Crippen LogP contribution in [0.2, 0.25) is 0 Å². The van der Waals surface area contributed by atoms with Gasteiger partial charge >= 0.3 is 0 Å². The number of nitrogens with zero attached hydrogens (tertiary/aromatic N) is 1. The maximum atomic E-state index is 14.1. The topological polar surface area (TPSA) is 41.8 Å². The highest BCUT2D eigenvalue weighted by atomic mass is 19.1. The maximum absolute atomic E-state index is 14.1. The molecular weight excluding hydrogens is 444 g/mol. The van der Waals surface area contributed by atoms with Crippen molar-refractivity contribution in [3.63, 3.8) is 0 Å². The van der Waals surface area contributed by atoms with Crippen LogP contribution in [-0.4, -0.2) is 17.6 Å². The molecule has 1 aliphatic rings. The van der Waals surface area contributed by atoms with Gasteiger partial charge in [-0.2, -0.15) is 0 Å². The summed E-state index contributed by atoms with van der Waals surface area (Å²) in [5, 5.41) is 11.6. The molecule has 172 valence electrons. The molecule has 1 atom stereocenters. The summed E-state index contributed by atoms with van der Waals surface area (Å²) in [6.07, 6.45) is 0. The average molecular weight is 465 g/mol. The molecule has 0 saturated carbocycles. The fourth-order valence-electron chi connectivity index (χ4n) is 4.00. The number of benzene rings is 4. The molecule has 0 bridgehead atoms. The van der Waals surface area contributed by atoms with Crippen LogP contribution >= 0.6 is 0 Å². The first-order valence-corrected chi connectivity index (χ1v) is 11.2. The molecule has 35 heavy (non-hydrogen) atoms. The van der Waals surface area contributed by atoms with Gasteiger partial charge in [0.15, 0.2) is 5.60 Å². The Morgan fingerprint density at radius 3 is 1.91 bits per heavy atom. The summed E-state index contributed by atoms with van der Waals surface area (Å²) in [5.41, 5.74) is 1.19. The van der Waals surface area contributed by atoms with Crippen molar-refractivity contribution in [1.82, 2.24) is 0 Å². The second kappa shape index (κ2) is 9.54. The third-order valence-electron chi connectivity index (χ3n) is 5.89. The Morgan fingerprint density at radius 1 is 0.771 bits per heavy atom. The van der Waals surface area contributed by atoms with Crippen LogP contribution < -0.4 is 0 Å². The Bertz CT molecular complexity index is 1360. The van der Waals surface area contributed by atoms with E-state index in [1.54, 1.807) is 0 Å². The highest BCUT2D eigenvalue weighted by Gasteiger charge is 2.29. The number of aliphatic hydroxyl groups is 1. The third kappa shape index (κ3) is 4.57. The fraction of sp³-hybridized carbons (Fsp3) is 0.100. The second-order valence-electron chi connectivity index (χ2n) is 8.17. The van der Waals surface area contributed by atoms with Gasteiger partial charge in [0.25, 0.3) is 0 Å². The van der Waals surface area contributed by atoms with Gasteiger partial charge in [0, 0.05) is 16.7 Å². The van der Waals surface area contributed by atoms with Gasteiger partial charge in [-0.1, -0.05) is 90.7 Å². The van der Waals surface area contributed by atoms with E-state index in [4.69, 9.17) is 4.74 Å². The van der Waals surface area contributed by atoms with E-state index in [2.05, 4.69) is 16.8 Å². The molecule has 1 aliphatic heterocycles. The van der Waals surface area contributed by atoms with Crippen molar-refractivity contribution in [2.45, 2.75) is 11.6 Å². The molecule has 3 nitrogen and oxygen atoms in total. The van der Waals surface area contributed by atoms with E-state index in [1.165, 1.54) is 18.2 Å². The lowest BCUT2D eigenvalue weighted by atomic mass is 9.86. The first-order valence-electron chi connectivity index (χ1n) is 11.2. The summed E-state index contributed by atoms with van der Waals surface area (Å²) in [6.45, 7) is 0.190. The quantitative estimate of drug-likeness (QED) is 0.389. The van der Waals surface area contributed by atoms with Gasteiger partial charge in [-0.15, -0.1) is 0 Å². The summed E-state index contributed by atoms with van der Waals surface area (Å²) in [4.78, 5) is 4.38. The maximum Gasteiger partial charge on any atom is 0.222 e. The van der Waals surface area contributed by atoms with E-state index in [-0.39, 0.29) is 24.1 Å². The molecule has 4 aromatic carbocycles. The van der Waals surface area contributed by atoms with Crippen LogP contribution in [0.25, 0.3) is 0 Å². The number of hydrogen-bond acceptors (Lipinski definition) is 3. The SMILES string of the molecule is OC(C#Cc1ccc(C2COC(c3c(F)cccc3F)=N2)cc1)(c1ccccc1)c1ccccc1. The summed E-state index contributed by atoms with van der Waals surface area (Å²) < 4.78 is 33.6. The Labute approximate surface area is 202 Å². The average Bonchev–Trinajstić information content (AvgIpc) is 3.38. The lowest BCUT2D eigenvalue weighted by Gasteiger charge is -2.23. The predicted molar refractivity (Wildman–Crippen MR) is 131 cm³/mol. The zero-order valence-electron chi connectivity index (χ0n) is 18.7. The molecule has 0 saturated heterocycles. The van der Waals surface area contributed by atoms with Gasteiger partial charge in [0.2, 0.25) is 5.90 Å². The van der Waals surface area contributed by atoms with Gasteiger partial charge in [-0.3, -0.25) is 0 Å². The van der Waals surface area contributed by atoms with Crippen molar-refractivity contribution < 1.29 is 18.6 Å². The summed E-state index contributed by atoms with van der Waals surface area (Å²) in [6, 6.07) is 29.3. The number of rotatable bonds is 4. The zero-order chi connectivity index (χ0) is 24.3. The molecule has 0 spiro atoms. The number of ether oxygens (including phenoxy) is 1. The normalized spacial score (nSPS) is 15.1. The van der Waals surface area contributed by atoms with Crippen molar-refractivity contribution in [2.24, 2.45) is 4.99 Å². The Balaban J connectivity index is 1.41. The first kappa shape index (κ1) is 22.5. The van der Waals surface area contributed by atoms with E-state index in [1.807, 2.05) is 84.9 Å².